The third-order valence-corrected chi connectivity index (χ3v) is 3.15. The molecule has 0 bridgehead atoms. The summed E-state index contributed by atoms with van der Waals surface area (Å²) in [4.78, 5) is -0.349. The van der Waals surface area contributed by atoms with E-state index in [4.69, 9.17) is 9.47 Å². The zero-order valence-corrected chi connectivity index (χ0v) is 11.9. The van der Waals surface area contributed by atoms with E-state index >= 15 is 0 Å². The van der Waals surface area contributed by atoms with Crippen LogP contribution in [0, 0.1) is 0 Å². The monoisotopic (exact) mass is 234 g/mol. The molecule has 2 nitrogen and oxygen atoms in total. The maximum atomic E-state index is 5.84. The first-order valence-electron chi connectivity index (χ1n) is 5.81. The quantitative estimate of drug-likeness (QED) is 0.466. The molecule has 0 fully saturated rings. The van der Waals surface area contributed by atoms with Crippen LogP contribution in [-0.2, 0) is 9.47 Å². The summed E-state index contributed by atoms with van der Waals surface area (Å²) in [6.45, 7) is 14.2. The fraction of sp³-hybridized carbons (Fsp3) is 1.00. The maximum Gasteiger partial charge on any atom is 0.110 e. The maximum absolute atomic E-state index is 5.84. The van der Waals surface area contributed by atoms with Crippen molar-refractivity contribution in [3.05, 3.63) is 0 Å². The highest BCUT2D eigenvalue weighted by atomic mass is 32.2. The largest absolute Gasteiger partial charge is 0.365 e. The molecule has 92 valence electrons. The van der Waals surface area contributed by atoms with Crippen molar-refractivity contribution in [3.63, 3.8) is 0 Å². The fourth-order valence-corrected chi connectivity index (χ4v) is 2.96. The summed E-state index contributed by atoms with van der Waals surface area (Å²) >= 11 is 1.73. The van der Waals surface area contributed by atoms with Gasteiger partial charge in [0.1, 0.15) is 9.87 Å². The first-order valence-corrected chi connectivity index (χ1v) is 6.62. The molecule has 0 aliphatic heterocycles. The molecule has 0 aliphatic carbocycles. The predicted octanol–water partition coefficient (Wildman–Crippen LogP) is 4.05. The molecule has 0 N–H and O–H groups in total. The highest BCUT2D eigenvalue weighted by Crippen LogP contribution is 2.38. The summed E-state index contributed by atoms with van der Waals surface area (Å²) < 4.78 is 11.5. The van der Waals surface area contributed by atoms with Gasteiger partial charge >= 0.3 is 0 Å². The van der Waals surface area contributed by atoms with E-state index in [-0.39, 0.29) is 9.87 Å². The Morgan fingerprint density at radius 2 is 1.47 bits per heavy atom. The van der Waals surface area contributed by atoms with Gasteiger partial charge in [0, 0.05) is 13.2 Å². The van der Waals surface area contributed by atoms with Crippen LogP contribution in [0.25, 0.3) is 0 Å². The Kier molecular flexibility index (Phi) is 6.89. The van der Waals surface area contributed by atoms with Crippen LogP contribution in [0.3, 0.4) is 0 Å². The van der Waals surface area contributed by atoms with E-state index in [0.29, 0.717) is 0 Å². The Morgan fingerprint density at radius 3 is 1.93 bits per heavy atom. The van der Waals surface area contributed by atoms with Gasteiger partial charge in [-0.05, 0) is 41.0 Å². The molecule has 0 aromatic carbocycles. The molecule has 0 aromatic heterocycles. The molecule has 0 unspecified atom stereocenters. The third kappa shape index (κ3) is 8.12. The van der Waals surface area contributed by atoms with E-state index in [9.17, 15) is 0 Å². The van der Waals surface area contributed by atoms with E-state index in [2.05, 4.69) is 34.6 Å². The van der Waals surface area contributed by atoms with E-state index in [1.165, 1.54) is 6.42 Å². The lowest BCUT2D eigenvalue weighted by Crippen LogP contribution is -2.31. The Labute approximate surface area is 99.1 Å². The molecular weight excluding hydrogens is 208 g/mol. The molecule has 0 amide bonds. The van der Waals surface area contributed by atoms with Gasteiger partial charge < -0.3 is 9.47 Å². The summed E-state index contributed by atoms with van der Waals surface area (Å²) in [5.41, 5.74) is 0. The predicted molar refractivity (Wildman–Crippen MR) is 68.2 cm³/mol. The summed E-state index contributed by atoms with van der Waals surface area (Å²) in [5, 5.41) is 0. The second kappa shape index (κ2) is 6.77. The van der Waals surface area contributed by atoms with Gasteiger partial charge in [-0.3, -0.25) is 0 Å². The first kappa shape index (κ1) is 15.3. The molecule has 0 radical (unpaired) electrons. The average molecular weight is 234 g/mol. The van der Waals surface area contributed by atoms with Crippen LogP contribution in [-0.4, -0.2) is 23.1 Å². The van der Waals surface area contributed by atoms with E-state index in [0.717, 1.165) is 19.6 Å². The van der Waals surface area contributed by atoms with Crippen LogP contribution in [0.4, 0.5) is 0 Å². The van der Waals surface area contributed by atoms with Gasteiger partial charge in [0.05, 0.1) is 0 Å². The van der Waals surface area contributed by atoms with Gasteiger partial charge in [-0.15, -0.1) is 0 Å². The van der Waals surface area contributed by atoms with Gasteiger partial charge in [0.25, 0.3) is 0 Å². The second-order valence-electron chi connectivity index (χ2n) is 4.54. The molecule has 0 atom stereocenters. The Bertz CT molecular complexity index is 167. The SMILES string of the molecule is CCCCOC(C)(C)SC(C)(C)OCC. The van der Waals surface area contributed by atoms with Crippen LogP contribution in [0.2, 0.25) is 0 Å². The standard InChI is InChI=1S/C12H26O2S/c1-7-9-10-14-12(5,6)15-11(3,4)13-8-2/h7-10H2,1-6H3. The number of hydrogen-bond donors (Lipinski definition) is 0. The van der Waals surface area contributed by atoms with Crippen molar-refractivity contribution in [3.8, 4) is 0 Å². The first-order chi connectivity index (χ1) is 6.83. The van der Waals surface area contributed by atoms with Crippen LogP contribution < -0.4 is 0 Å². The third-order valence-electron chi connectivity index (χ3n) is 1.93. The zero-order chi connectivity index (χ0) is 11.9. The number of thioether (sulfide) groups is 1. The number of hydrogen-bond acceptors (Lipinski definition) is 3. The molecule has 0 heterocycles. The average Bonchev–Trinajstić information content (AvgIpc) is 2.01. The number of rotatable bonds is 8. The molecule has 0 rings (SSSR count). The van der Waals surface area contributed by atoms with Crippen molar-refractivity contribution in [1.82, 2.24) is 0 Å². The lowest BCUT2D eigenvalue weighted by atomic mass is 10.3. The van der Waals surface area contributed by atoms with Crippen molar-refractivity contribution in [2.75, 3.05) is 13.2 Å². The number of ether oxygens (including phenoxy) is 2. The molecule has 0 saturated carbocycles. The van der Waals surface area contributed by atoms with Crippen molar-refractivity contribution in [1.29, 1.82) is 0 Å². The van der Waals surface area contributed by atoms with Crippen LogP contribution >= 0.6 is 11.8 Å². The Balaban J connectivity index is 3.99. The Hall–Kier alpha value is 0.270. The van der Waals surface area contributed by atoms with Crippen molar-refractivity contribution in [2.45, 2.75) is 64.3 Å². The smallest absolute Gasteiger partial charge is 0.110 e. The van der Waals surface area contributed by atoms with Crippen molar-refractivity contribution in [2.24, 2.45) is 0 Å². The molecular formula is C12H26O2S. The van der Waals surface area contributed by atoms with Crippen molar-refractivity contribution >= 4 is 11.8 Å². The lowest BCUT2D eigenvalue weighted by molar-refractivity contribution is 0.0306. The minimum atomic E-state index is -0.176. The number of unbranched alkanes of at least 4 members (excludes halogenated alkanes) is 1. The van der Waals surface area contributed by atoms with E-state index in [1.54, 1.807) is 11.8 Å². The summed E-state index contributed by atoms with van der Waals surface area (Å²) in [6, 6.07) is 0. The summed E-state index contributed by atoms with van der Waals surface area (Å²) in [5.74, 6) is 0. The molecule has 0 saturated heterocycles. The fourth-order valence-electron chi connectivity index (χ4n) is 1.46. The second-order valence-corrected chi connectivity index (χ2v) is 6.71. The lowest BCUT2D eigenvalue weighted by Gasteiger charge is -2.34. The van der Waals surface area contributed by atoms with Gasteiger partial charge in [-0.2, -0.15) is 0 Å². The summed E-state index contributed by atoms with van der Waals surface area (Å²) in [7, 11) is 0. The molecule has 0 spiro atoms. The van der Waals surface area contributed by atoms with Crippen LogP contribution in [0.15, 0.2) is 0 Å². The van der Waals surface area contributed by atoms with Gasteiger partial charge in [-0.25, -0.2) is 0 Å². The normalized spacial score (nSPS) is 13.2. The molecule has 0 aliphatic rings. The van der Waals surface area contributed by atoms with Crippen LogP contribution in [0.1, 0.15) is 54.4 Å². The van der Waals surface area contributed by atoms with Gasteiger partial charge in [-0.1, -0.05) is 25.1 Å². The summed E-state index contributed by atoms with van der Waals surface area (Å²) in [6.07, 6.45) is 2.30. The molecule has 15 heavy (non-hydrogen) atoms. The van der Waals surface area contributed by atoms with E-state index in [1.807, 2.05) is 6.92 Å². The van der Waals surface area contributed by atoms with Gasteiger partial charge in [0.2, 0.25) is 0 Å². The van der Waals surface area contributed by atoms with Crippen LogP contribution in [0.5, 0.6) is 0 Å². The highest BCUT2D eigenvalue weighted by Gasteiger charge is 2.30. The minimum Gasteiger partial charge on any atom is -0.365 e. The highest BCUT2D eigenvalue weighted by molar-refractivity contribution is 8.01. The zero-order valence-electron chi connectivity index (χ0n) is 11.1. The Morgan fingerprint density at radius 1 is 0.933 bits per heavy atom. The van der Waals surface area contributed by atoms with E-state index < -0.39 is 0 Å². The minimum absolute atomic E-state index is 0.173. The van der Waals surface area contributed by atoms with Crippen molar-refractivity contribution < 1.29 is 9.47 Å². The molecule has 3 heteroatoms. The molecule has 0 aromatic rings. The van der Waals surface area contributed by atoms with Gasteiger partial charge in [0.15, 0.2) is 0 Å². The topological polar surface area (TPSA) is 18.5 Å².